The van der Waals surface area contributed by atoms with Gasteiger partial charge in [0.2, 0.25) is 0 Å². The summed E-state index contributed by atoms with van der Waals surface area (Å²) < 4.78 is 2.26. The van der Waals surface area contributed by atoms with Crippen LogP contribution in [0, 0.1) is 6.92 Å². The van der Waals surface area contributed by atoms with Gasteiger partial charge in [-0.3, -0.25) is 0 Å². The molecule has 0 bridgehead atoms. The van der Waals surface area contributed by atoms with Crippen molar-refractivity contribution < 1.29 is 0 Å². The molecule has 23 heavy (non-hydrogen) atoms. The zero-order valence-electron chi connectivity index (χ0n) is 16.0. The lowest BCUT2D eigenvalue weighted by Gasteiger charge is -2.12. The van der Waals surface area contributed by atoms with Crippen molar-refractivity contribution in [1.82, 2.24) is 9.55 Å². The summed E-state index contributed by atoms with van der Waals surface area (Å²) in [7, 11) is 0. The Morgan fingerprint density at radius 3 is 1.74 bits per heavy atom. The number of unbranched alkanes of at least 4 members (excludes halogenated alkanes) is 12. The predicted octanol–water partition coefficient (Wildman–Crippen LogP) is 7.23. The molecule has 1 aromatic rings. The Morgan fingerprint density at radius 2 is 1.30 bits per heavy atom. The molecule has 1 rings (SSSR count). The minimum Gasteiger partial charge on any atom is -0.334 e. The summed E-state index contributed by atoms with van der Waals surface area (Å²) in [4.78, 5) is 4.31. The number of aromatic nitrogens is 2. The standard InChI is InChI=1S/C21H40N2/c1-4-5-6-7-8-9-10-11-12-13-14-15-16-17-21(3)23-18-20(2)22-19-23/h18-19,21H,4-17H2,1-3H3. The zero-order chi connectivity index (χ0) is 16.8. The molecule has 0 fully saturated rings. The van der Waals surface area contributed by atoms with Crippen LogP contribution in [0.15, 0.2) is 12.5 Å². The van der Waals surface area contributed by atoms with E-state index < -0.39 is 0 Å². The van der Waals surface area contributed by atoms with Crippen molar-refractivity contribution in [2.75, 3.05) is 0 Å². The van der Waals surface area contributed by atoms with E-state index in [1.54, 1.807) is 0 Å². The fourth-order valence-electron chi connectivity index (χ4n) is 3.29. The molecule has 1 atom stereocenters. The normalized spacial score (nSPS) is 12.7. The van der Waals surface area contributed by atoms with Crippen molar-refractivity contribution in [3.63, 3.8) is 0 Å². The Bertz CT molecular complexity index is 370. The van der Waals surface area contributed by atoms with Gasteiger partial charge in [-0.25, -0.2) is 4.98 Å². The summed E-state index contributed by atoms with van der Waals surface area (Å²) in [6.07, 6.45) is 24.0. The first-order chi connectivity index (χ1) is 11.2. The minimum atomic E-state index is 0.601. The molecule has 0 spiro atoms. The summed E-state index contributed by atoms with van der Waals surface area (Å²) in [6, 6.07) is 0.601. The summed E-state index contributed by atoms with van der Waals surface area (Å²) >= 11 is 0. The Labute approximate surface area is 145 Å². The van der Waals surface area contributed by atoms with Gasteiger partial charge in [-0.15, -0.1) is 0 Å². The van der Waals surface area contributed by atoms with Gasteiger partial charge in [0.1, 0.15) is 0 Å². The fraction of sp³-hybridized carbons (Fsp3) is 0.857. The van der Waals surface area contributed by atoms with Gasteiger partial charge in [-0.1, -0.05) is 90.4 Å². The Morgan fingerprint density at radius 1 is 0.826 bits per heavy atom. The Balaban J connectivity index is 1.81. The van der Waals surface area contributed by atoms with E-state index in [9.17, 15) is 0 Å². The molecule has 0 saturated heterocycles. The van der Waals surface area contributed by atoms with E-state index in [-0.39, 0.29) is 0 Å². The summed E-state index contributed by atoms with van der Waals surface area (Å²) in [5.74, 6) is 0. The van der Waals surface area contributed by atoms with Crippen molar-refractivity contribution in [1.29, 1.82) is 0 Å². The third-order valence-corrected chi connectivity index (χ3v) is 4.97. The lowest BCUT2D eigenvalue weighted by molar-refractivity contribution is 0.464. The number of aryl methyl sites for hydroxylation is 1. The third kappa shape index (κ3) is 10.6. The van der Waals surface area contributed by atoms with Crippen LogP contribution in [-0.4, -0.2) is 9.55 Å². The third-order valence-electron chi connectivity index (χ3n) is 4.97. The van der Waals surface area contributed by atoms with E-state index in [2.05, 4.69) is 36.5 Å². The highest BCUT2D eigenvalue weighted by Crippen LogP contribution is 2.17. The summed E-state index contributed by atoms with van der Waals surface area (Å²) in [5.41, 5.74) is 1.13. The molecule has 0 aliphatic heterocycles. The van der Waals surface area contributed by atoms with E-state index >= 15 is 0 Å². The molecule has 0 saturated carbocycles. The van der Waals surface area contributed by atoms with Crippen molar-refractivity contribution in [2.45, 2.75) is 117 Å². The molecule has 134 valence electrons. The van der Waals surface area contributed by atoms with Gasteiger partial charge < -0.3 is 4.57 Å². The van der Waals surface area contributed by atoms with E-state index in [4.69, 9.17) is 0 Å². The molecular weight excluding hydrogens is 280 g/mol. The lowest BCUT2D eigenvalue weighted by atomic mass is 10.0. The molecule has 0 radical (unpaired) electrons. The van der Waals surface area contributed by atoms with E-state index in [0.717, 1.165) is 5.69 Å². The molecule has 0 aliphatic rings. The first kappa shape index (κ1) is 20.3. The summed E-state index contributed by atoms with van der Waals surface area (Å²) in [6.45, 7) is 6.66. The van der Waals surface area contributed by atoms with Crippen LogP contribution in [0.1, 0.15) is 115 Å². The van der Waals surface area contributed by atoms with Crippen LogP contribution < -0.4 is 0 Å². The molecular formula is C21H40N2. The summed E-state index contributed by atoms with van der Waals surface area (Å²) in [5, 5.41) is 0. The highest BCUT2D eigenvalue weighted by molar-refractivity contribution is 4.93. The smallest absolute Gasteiger partial charge is 0.0951 e. The molecule has 1 unspecified atom stereocenters. The van der Waals surface area contributed by atoms with E-state index in [1.165, 1.54) is 89.9 Å². The van der Waals surface area contributed by atoms with Crippen LogP contribution in [0.2, 0.25) is 0 Å². The molecule has 2 nitrogen and oxygen atoms in total. The van der Waals surface area contributed by atoms with Gasteiger partial charge in [-0.05, 0) is 20.3 Å². The number of hydrogen-bond acceptors (Lipinski definition) is 1. The average Bonchev–Trinajstić information content (AvgIpc) is 2.98. The van der Waals surface area contributed by atoms with Gasteiger partial charge >= 0.3 is 0 Å². The molecule has 1 aromatic heterocycles. The van der Waals surface area contributed by atoms with Crippen molar-refractivity contribution in [2.24, 2.45) is 0 Å². The molecule has 0 N–H and O–H groups in total. The number of nitrogens with zero attached hydrogens (tertiary/aromatic N) is 2. The van der Waals surface area contributed by atoms with Crippen LogP contribution in [0.3, 0.4) is 0 Å². The quantitative estimate of drug-likeness (QED) is 0.311. The van der Waals surface area contributed by atoms with Gasteiger partial charge in [-0.2, -0.15) is 0 Å². The minimum absolute atomic E-state index is 0.601. The van der Waals surface area contributed by atoms with Gasteiger partial charge in [0, 0.05) is 12.2 Å². The van der Waals surface area contributed by atoms with Gasteiger partial charge in [0.25, 0.3) is 0 Å². The van der Waals surface area contributed by atoms with E-state index in [1.807, 2.05) is 6.33 Å². The largest absolute Gasteiger partial charge is 0.334 e. The average molecular weight is 321 g/mol. The number of hydrogen-bond donors (Lipinski definition) is 0. The molecule has 0 amide bonds. The van der Waals surface area contributed by atoms with Crippen LogP contribution in [0.25, 0.3) is 0 Å². The van der Waals surface area contributed by atoms with Crippen molar-refractivity contribution in [3.05, 3.63) is 18.2 Å². The second-order valence-electron chi connectivity index (χ2n) is 7.34. The fourth-order valence-corrected chi connectivity index (χ4v) is 3.29. The first-order valence-electron chi connectivity index (χ1n) is 10.2. The van der Waals surface area contributed by atoms with Crippen LogP contribution >= 0.6 is 0 Å². The van der Waals surface area contributed by atoms with Crippen LogP contribution in [0.4, 0.5) is 0 Å². The second-order valence-corrected chi connectivity index (χ2v) is 7.34. The predicted molar refractivity (Wildman–Crippen MR) is 102 cm³/mol. The SMILES string of the molecule is CCCCCCCCCCCCCCCC(C)n1cnc(C)c1. The Kier molecular flexibility index (Phi) is 12.0. The van der Waals surface area contributed by atoms with Crippen molar-refractivity contribution >= 4 is 0 Å². The maximum Gasteiger partial charge on any atom is 0.0951 e. The maximum atomic E-state index is 4.31. The Hall–Kier alpha value is -0.790. The number of rotatable bonds is 15. The topological polar surface area (TPSA) is 17.8 Å². The molecule has 2 heteroatoms. The van der Waals surface area contributed by atoms with Crippen LogP contribution in [0.5, 0.6) is 0 Å². The lowest BCUT2D eigenvalue weighted by Crippen LogP contribution is -2.02. The van der Waals surface area contributed by atoms with Crippen molar-refractivity contribution in [3.8, 4) is 0 Å². The van der Waals surface area contributed by atoms with E-state index in [0.29, 0.717) is 6.04 Å². The highest BCUT2D eigenvalue weighted by atomic mass is 15.1. The molecule has 1 heterocycles. The monoisotopic (exact) mass is 320 g/mol. The van der Waals surface area contributed by atoms with Gasteiger partial charge in [0.05, 0.1) is 12.0 Å². The van der Waals surface area contributed by atoms with Crippen LogP contribution in [-0.2, 0) is 0 Å². The molecule has 0 aromatic carbocycles. The highest BCUT2D eigenvalue weighted by Gasteiger charge is 2.04. The zero-order valence-corrected chi connectivity index (χ0v) is 16.0. The van der Waals surface area contributed by atoms with Gasteiger partial charge in [0.15, 0.2) is 0 Å². The second kappa shape index (κ2) is 13.6. The maximum absolute atomic E-state index is 4.31. The first-order valence-corrected chi connectivity index (χ1v) is 10.2. The number of imidazole rings is 1. The molecule has 0 aliphatic carbocycles.